The van der Waals surface area contributed by atoms with Crippen molar-refractivity contribution in [2.75, 3.05) is 5.32 Å². The van der Waals surface area contributed by atoms with Gasteiger partial charge in [-0.15, -0.1) is 11.3 Å². The van der Waals surface area contributed by atoms with E-state index in [1.165, 1.54) is 6.07 Å². The Morgan fingerprint density at radius 2 is 2.08 bits per heavy atom. The first-order valence-electron chi connectivity index (χ1n) is 2.87. The number of hydrogen-bond acceptors (Lipinski definition) is 4. The molecule has 0 atom stereocenters. The number of hydrogen-bond donors (Lipinski definition) is 1. The molecule has 7 heteroatoms. The summed E-state index contributed by atoms with van der Waals surface area (Å²) in [4.78, 5) is 20.5. The Kier molecular flexibility index (Phi) is 5.11. The van der Waals surface area contributed by atoms with Gasteiger partial charge in [0.2, 0.25) is 0 Å². The molecule has 1 rings (SSSR count). The minimum atomic E-state index is -1.76. The molecule has 1 heterocycles. The second-order valence-electron chi connectivity index (χ2n) is 1.85. The Balaban J connectivity index is 0.00000144. The molecule has 64 valence electrons. The monoisotopic (exact) mass is 211 g/mol. The first-order chi connectivity index (χ1) is 5.59. The van der Waals surface area contributed by atoms with Gasteiger partial charge in [-0.1, -0.05) is 11.6 Å². The molecule has 1 aromatic heterocycles. The SMILES string of the molecule is O=C([O-])C(=O)Nc1ccc(Cl)s1.[Li+]. The van der Waals surface area contributed by atoms with E-state index in [4.69, 9.17) is 11.6 Å². The molecule has 0 aliphatic heterocycles. The molecule has 0 bridgehead atoms. The average molecular weight is 212 g/mol. The number of halogens is 1. The second kappa shape index (κ2) is 5.30. The van der Waals surface area contributed by atoms with E-state index in [2.05, 4.69) is 5.32 Å². The Morgan fingerprint density at radius 1 is 1.46 bits per heavy atom. The van der Waals surface area contributed by atoms with Crippen LogP contribution in [-0.4, -0.2) is 11.9 Å². The Hall–Kier alpha value is -0.473. The Labute approximate surface area is 95.1 Å². The zero-order valence-electron chi connectivity index (χ0n) is 6.67. The van der Waals surface area contributed by atoms with E-state index < -0.39 is 11.9 Å². The molecule has 1 aromatic rings. The summed E-state index contributed by atoms with van der Waals surface area (Å²) in [5, 5.41) is 12.4. The zero-order chi connectivity index (χ0) is 9.14. The summed E-state index contributed by atoms with van der Waals surface area (Å²) >= 11 is 6.60. The van der Waals surface area contributed by atoms with Crippen molar-refractivity contribution in [3.63, 3.8) is 0 Å². The van der Waals surface area contributed by atoms with E-state index in [0.29, 0.717) is 9.34 Å². The van der Waals surface area contributed by atoms with Crippen LogP contribution < -0.4 is 29.3 Å². The quantitative estimate of drug-likeness (QED) is 0.400. The van der Waals surface area contributed by atoms with Crippen LogP contribution in [0.15, 0.2) is 12.1 Å². The topological polar surface area (TPSA) is 69.2 Å². The molecular formula is C6H3ClLiNO3S. The van der Waals surface area contributed by atoms with E-state index in [1.807, 2.05) is 0 Å². The molecule has 1 N–H and O–H groups in total. The molecule has 0 unspecified atom stereocenters. The number of anilines is 1. The number of rotatable bonds is 1. The predicted octanol–water partition coefficient (Wildman–Crippen LogP) is -2.91. The molecule has 0 saturated heterocycles. The number of carbonyl (C=O) groups is 2. The van der Waals surface area contributed by atoms with Gasteiger partial charge in [0.1, 0.15) is 5.97 Å². The molecule has 0 saturated carbocycles. The van der Waals surface area contributed by atoms with Crippen LogP contribution in [0.4, 0.5) is 5.00 Å². The third-order valence-electron chi connectivity index (χ3n) is 0.995. The second-order valence-corrected chi connectivity index (χ2v) is 3.56. The number of aliphatic carboxylic acids is 1. The summed E-state index contributed by atoms with van der Waals surface area (Å²) in [7, 11) is 0. The van der Waals surface area contributed by atoms with E-state index >= 15 is 0 Å². The van der Waals surface area contributed by atoms with Crippen molar-refractivity contribution in [2.24, 2.45) is 0 Å². The third kappa shape index (κ3) is 3.83. The fraction of sp³-hybridized carbons (Fsp3) is 0. The molecule has 0 fully saturated rings. The van der Waals surface area contributed by atoms with Crippen LogP contribution in [0.3, 0.4) is 0 Å². The van der Waals surface area contributed by atoms with Gasteiger partial charge in [-0.05, 0) is 12.1 Å². The molecule has 4 nitrogen and oxygen atoms in total. The number of nitrogens with one attached hydrogen (secondary N) is 1. The maximum Gasteiger partial charge on any atom is 1.00 e. The van der Waals surface area contributed by atoms with E-state index in [0.717, 1.165) is 11.3 Å². The van der Waals surface area contributed by atoms with Crippen molar-refractivity contribution in [2.45, 2.75) is 0 Å². The van der Waals surface area contributed by atoms with Crippen LogP contribution >= 0.6 is 22.9 Å². The Bertz CT molecular complexity index is 327. The smallest absolute Gasteiger partial charge is 0.540 e. The summed E-state index contributed by atoms with van der Waals surface area (Å²) in [6, 6.07) is 3.06. The number of amides is 1. The first kappa shape index (κ1) is 12.5. The number of carboxylic acid groups (broad SMARTS) is 1. The van der Waals surface area contributed by atoms with Gasteiger partial charge < -0.3 is 15.2 Å². The Morgan fingerprint density at radius 3 is 2.46 bits per heavy atom. The van der Waals surface area contributed by atoms with Crippen molar-refractivity contribution < 1.29 is 33.6 Å². The number of carbonyl (C=O) groups excluding carboxylic acids is 2. The first-order valence-corrected chi connectivity index (χ1v) is 4.06. The van der Waals surface area contributed by atoms with Crippen LogP contribution in [-0.2, 0) is 9.59 Å². The zero-order valence-corrected chi connectivity index (χ0v) is 8.24. The average Bonchev–Trinajstić information content (AvgIpc) is 2.35. The maximum absolute atomic E-state index is 10.5. The summed E-state index contributed by atoms with van der Waals surface area (Å²) in [6.07, 6.45) is 0. The van der Waals surface area contributed by atoms with Crippen LogP contribution in [0, 0.1) is 0 Å². The van der Waals surface area contributed by atoms with Crippen molar-refractivity contribution in [1.82, 2.24) is 0 Å². The normalized spacial score (nSPS) is 8.69. The summed E-state index contributed by atoms with van der Waals surface area (Å²) in [5.41, 5.74) is 0. The summed E-state index contributed by atoms with van der Waals surface area (Å²) in [5.74, 6) is -2.94. The van der Waals surface area contributed by atoms with Crippen LogP contribution in [0.5, 0.6) is 0 Å². The van der Waals surface area contributed by atoms with Gasteiger partial charge in [0.05, 0.1) is 9.34 Å². The fourth-order valence-corrected chi connectivity index (χ4v) is 1.48. The number of carboxylic acids is 1. The fourth-order valence-electron chi connectivity index (χ4n) is 0.544. The largest absolute Gasteiger partial charge is 1.00 e. The molecule has 1 amide bonds. The summed E-state index contributed by atoms with van der Waals surface area (Å²) < 4.78 is 0.476. The standard InChI is InChI=1S/C6H4ClNO3S.Li/c7-3-1-2-4(12-3)8-5(9)6(10)11;/h1-2H,(H,8,9)(H,10,11);/q;+1/p-1. The molecule has 0 radical (unpaired) electrons. The van der Waals surface area contributed by atoms with Crippen LogP contribution in [0.2, 0.25) is 4.34 Å². The van der Waals surface area contributed by atoms with Crippen LogP contribution in [0.1, 0.15) is 0 Å². The van der Waals surface area contributed by atoms with Gasteiger partial charge in [-0.25, -0.2) is 0 Å². The maximum atomic E-state index is 10.5. The molecule has 0 aliphatic rings. The van der Waals surface area contributed by atoms with Gasteiger partial charge in [0.15, 0.2) is 0 Å². The van der Waals surface area contributed by atoms with Crippen molar-refractivity contribution in [1.29, 1.82) is 0 Å². The van der Waals surface area contributed by atoms with E-state index in [-0.39, 0.29) is 18.9 Å². The minimum Gasteiger partial charge on any atom is -0.540 e. The number of thiophene rings is 1. The van der Waals surface area contributed by atoms with Gasteiger partial charge in [-0.3, -0.25) is 4.79 Å². The van der Waals surface area contributed by atoms with Gasteiger partial charge in [-0.2, -0.15) is 0 Å². The van der Waals surface area contributed by atoms with Gasteiger partial charge in [0, 0.05) is 0 Å². The predicted molar refractivity (Wildman–Crippen MR) is 43.0 cm³/mol. The molecule has 13 heavy (non-hydrogen) atoms. The molecule has 0 aromatic carbocycles. The van der Waals surface area contributed by atoms with Crippen molar-refractivity contribution in [3.05, 3.63) is 16.5 Å². The molecule has 0 aliphatic carbocycles. The van der Waals surface area contributed by atoms with Gasteiger partial charge in [0.25, 0.3) is 5.91 Å². The molecular weight excluding hydrogens is 209 g/mol. The van der Waals surface area contributed by atoms with E-state index in [1.54, 1.807) is 6.07 Å². The van der Waals surface area contributed by atoms with Gasteiger partial charge >= 0.3 is 18.9 Å². The van der Waals surface area contributed by atoms with Crippen molar-refractivity contribution in [3.8, 4) is 0 Å². The third-order valence-corrected chi connectivity index (χ3v) is 2.14. The summed E-state index contributed by atoms with van der Waals surface area (Å²) in [6.45, 7) is 0. The minimum absolute atomic E-state index is 0. The van der Waals surface area contributed by atoms with Crippen LogP contribution in [0.25, 0.3) is 0 Å². The molecule has 0 spiro atoms. The van der Waals surface area contributed by atoms with E-state index in [9.17, 15) is 14.7 Å². The van der Waals surface area contributed by atoms with Crippen molar-refractivity contribution >= 4 is 39.8 Å².